The van der Waals surface area contributed by atoms with Gasteiger partial charge in [-0.25, -0.2) is 4.39 Å². The molecule has 0 bridgehead atoms. The summed E-state index contributed by atoms with van der Waals surface area (Å²) in [6.07, 6.45) is 1.06. The zero-order valence-electron chi connectivity index (χ0n) is 12.7. The van der Waals surface area contributed by atoms with E-state index in [1.807, 2.05) is 13.1 Å². The van der Waals surface area contributed by atoms with Crippen molar-refractivity contribution in [1.29, 1.82) is 0 Å². The van der Waals surface area contributed by atoms with Gasteiger partial charge in [0.15, 0.2) is 0 Å². The second-order valence-electron chi connectivity index (χ2n) is 5.73. The largest absolute Gasteiger partial charge is 0.309 e. The summed E-state index contributed by atoms with van der Waals surface area (Å²) in [5, 5.41) is 3.32. The second kappa shape index (κ2) is 7.19. The Morgan fingerprint density at radius 1 is 1.14 bits per heavy atom. The van der Waals surface area contributed by atoms with E-state index in [1.54, 1.807) is 0 Å². The van der Waals surface area contributed by atoms with Gasteiger partial charge in [-0.3, -0.25) is 0 Å². The molecular formula is C18H21BrFN. The summed E-state index contributed by atoms with van der Waals surface area (Å²) in [4.78, 5) is 0. The summed E-state index contributed by atoms with van der Waals surface area (Å²) in [7, 11) is 1.93. The normalized spacial score (nSPS) is 12.7. The Morgan fingerprint density at radius 3 is 2.52 bits per heavy atom. The number of nitrogens with one attached hydrogen (secondary N) is 1. The topological polar surface area (TPSA) is 12.0 Å². The predicted molar refractivity (Wildman–Crippen MR) is 90.0 cm³/mol. The highest BCUT2D eigenvalue weighted by molar-refractivity contribution is 9.10. The summed E-state index contributed by atoms with van der Waals surface area (Å²) in [5.74, 6) is 0.403. The molecule has 0 aliphatic heterocycles. The first-order valence-corrected chi connectivity index (χ1v) is 8.01. The molecule has 0 saturated carbocycles. The van der Waals surface area contributed by atoms with Crippen molar-refractivity contribution in [2.24, 2.45) is 5.92 Å². The SMILES string of the molecule is CNC(c1cccc(CC(C)C)c1)c1ccc(F)cc1Br. The Balaban J connectivity index is 2.37. The lowest BCUT2D eigenvalue weighted by Crippen LogP contribution is -2.18. The molecule has 112 valence electrons. The van der Waals surface area contributed by atoms with Gasteiger partial charge in [-0.1, -0.05) is 60.1 Å². The van der Waals surface area contributed by atoms with E-state index in [2.05, 4.69) is 59.4 Å². The maximum absolute atomic E-state index is 13.3. The Hall–Kier alpha value is -1.19. The quantitative estimate of drug-likeness (QED) is 0.792. The van der Waals surface area contributed by atoms with Crippen LogP contribution in [0, 0.1) is 11.7 Å². The molecule has 1 atom stereocenters. The highest BCUT2D eigenvalue weighted by Crippen LogP contribution is 2.29. The molecule has 0 aliphatic rings. The summed E-state index contributed by atoms with van der Waals surface area (Å²) in [6, 6.07) is 13.5. The van der Waals surface area contributed by atoms with E-state index < -0.39 is 0 Å². The van der Waals surface area contributed by atoms with Crippen LogP contribution in [0.15, 0.2) is 46.9 Å². The van der Waals surface area contributed by atoms with E-state index in [0.29, 0.717) is 5.92 Å². The summed E-state index contributed by atoms with van der Waals surface area (Å²) < 4.78 is 14.1. The van der Waals surface area contributed by atoms with Gasteiger partial charge in [0, 0.05) is 4.47 Å². The molecule has 21 heavy (non-hydrogen) atoms. The second-order valence-corrected chi connectivity index (χ2v) is 6.58. The Bertz CT molecular complexity index is 610. The zero-order valence-corrected chi connectivity index (χ0v) is 14.2. The average Bonchev–Trinajstić information content (AvgIpc) is 2.41. The van der Waals surface area contributed by atoms with E-state index in [1.165, 1.54) is 23.3 Å². The van der Waals surface area contributed by atoms with Gasteiger partial charge in [-0.05, 0) is 48.2 Å². The first-order valence-electron chi connectivity index (χ1n) is 7.22. The van der Waals surface area contributed by atoms with Crippen LogP contribution in [0.25, 0.3) is 0 Å². The van der Waals surface area contributed by atoms with Crippen molar-refractivity contribution in [1.82, 2.24) is 5.32 Å². The molecule has 0 aliphatic carbocycles. The fourth-order valence-corrected chi connectivity index (χ4v) is 3.19. The monoisotopic (exact) mass is 349 g/mol. The van der Waals surface area contributed by atoms with Gasteiger partial charge in [0.2, 0.25) is 0 Å². The molecule has 0 radical (unpaired) electrons. The van der Waals surface area contributed by atoms with Crippen molar-refractivity contribution >= 4 is 15.9 Å². The summed E-state index contributed by atoms with van der Waals surface area (Å²) in [5.41, 5.74) is 3.57. The number of hydrogen-bond donors (Lipinski definition) is 1. The fraction of sp³-hybridized carbons (Fsp3) is 0.333. The van der Waals surface area contributed by atoms with Gasteiger partial charge in [0.25, 0.3) is 0 Å². The molecular weight excluding hydrogens is 329 g/mol. The standard InChI is InChI=1S/C18H21BrFN/c1-12(2)9-13-5-4-6-14(10-13)18(21-3)16-8-7-15(20)11-17(16)19/h4-8,10-12,18,21H,9H2,1-3H3. The van der Waals surface area contributed by atoms with Gasteiger partial charge < -0.3 is 5.32 Å². The van der Waals surface area contributed by atoms with Crippen LogP contribution in [0.5, 0.6) is 0 Å². The third-order valence-corrected chi connectivity index (χ3v) is 4.18. The third-order valence-electron chi connectivity index (χ3n) is 3.49. The average molecular weight is 350 g/mol. The maximum atomic E-state index is 13.3. The first-order chi connectivity index (χ1) is 10.0. The first kappa shape index (κ1) is 16.2. The number of rotatable bonds is 5. The smallest absolute Gasteiger partial charge is 0.124 e. The van der Waals surface area contributed by atoms with Gasteiger partial charge in [0.05, 0.1) is 6.04 Å². The predicted octanol–water partition coefficient (Wildman–Crippen LogP) is 5.10. The molecule has 0 fully saturated rings. The van der Waals surface area contributed by atoms with Gasteiger partial charge in [0.1, 0.15) is 5.82 Å². The van der Waals surface area contributed by atoms with Crippen molar-refractivity contribution in [3.05, 3.63) is 69.4 Å². The lowest BCUT2D eigenvalue weighted by atomic mass is 9.94. The maximum Gasteiger partial charge on any atom is 0.124 e. The van der Waals surface area contributed by atoms with Crippen molar-refractivity contribution in [2.45, 2.75) is 26.3 Å². The van der Waals surface area contributed by atoms with Gasteiger partial charge in [-0.15, -0.1) is 0 Å². The molecule has 3 heteroatoms. The van der Waals surface area contributed by atoms with Crippen LogP contribution in [0.4, 0.5) is 4.39 Å². The van der Waals surface area contributed by atoms with Crippen LogP contribution >= 0.6 is 15.9 Å². The van der Waals surface area contributed by atoms with E-state index in [0.717, 1.165) is 16.5 Å². The minimum Gasteiger partial charge on any atom is -0.309 e. The fourth-order valence-electron chi connectivity index (χ4n) is 2.61. The van der Waals surface area contributed by atoms with Crippen LogP contribution in [0.3, 0.4) is 0 Å². The molecule has 0 aromatic heterocycles. The summed E-state index contributed by atoms with van der Waals surface area (Å²) >= 11 is 3.46. The van der Waals surface area contributed by atoms with Crippen molar-refractivity contribution in [2.75, 3.05) is 7.05 Å². The molecule has 0 spiro atoms. The Morgan fingerprint density at radius 2 is 1.90 bits per heavy atom. The zero-order chi connectivity index (χ0) is 15.4. The van der Waals surface area contributed by atoms with E-state index >= 15 is 0 Å². The number of halogens is 2. The van der Waals surface area contributed by atoms with Crippen LogP contribution in [-0.4, -0.2) is 7.05 Å². The molecule has 0 heterocycles. The van der Waals surface area contributed by atoms with Crippen molar-refractivity contribution in [3.63, 3.8) is 0 Å². The van der Waals surface area contributed by atoms with Gasteiger partial charge >= 0.3 is 0 Å². The van der Waals surface area contributed by atoms with Crippen LogP contribution in [0.2, 0.25) is 0 Å². The van der Waals surface area contributed by atoms with E-state index in [4.69, 9.17) is 0 Å². The molecule has 0 amide bonds. The molecule has 2 aromatic carbocycles. The molecule has 1 nitrogen and oxygen atoms in total. The van der Waals surface area contributed by atoms with Crippen molar-refractivity contribution < 1.29 is 4.39 Å². The number of hydrogen-bond acceptors (Lipinski definition) is 1. The van der Waals surface area contributed by atoms with Crippen LogP contribution < -0.4 is 5.32 Å². The highest BCUT2D eigenvalue weighted by atomic mass is 79.9. The molecule has 1 N–H and O–H groups in total. The lowest BCUT2D eigenvalue weighted by molar-refractivity contribution is 0.621. The van der Waals surface area contributed by atoms with E-state index in [-0.39, 0.29) is 11.9 Å². The summed E-state index contributed by atoms with van der Waals surface area (Å²) in [6.45, 7) is 4.44. The third kappa shape index (κ3) is 4.14. The minimum absolute atomic E-state index is 0.0482. The Labute approximate surface area is 134 Å². The van der Waals surface area contributed by atoms with Crippen LogP contribution in [0.1, 0.15) is 36.6 Å². The van der Waals surface area contributed by atoms with E-state index in [9.17, 15) is 4.39 Å². The van der Waals surface area contributed by atoms with Crippen molar-refractivity contribution in [3.8, 4) is 0 Å². The lowest BCUT2D eigenvalue weighted by Gasteiger charge is -2.20. The minimum atomic E-state index is -0.228. The number of benzene rings is 2. The molecule has 2 rings (SSSR count). The Kier molecular flexibility index (Phi) is 5.54. The van der Waals surface area contributed by atoms with Crippen LogP contribution in [-0.2, 0) is 6.42 Å². The van der Waals surface area contributed by atoms with Gasteiger partial charge in [-0.2, -0.15) is 0 Å². The molecule has 1 unspecified atom stereocenters. The molecule has 0 saturated heterocycles. The molecule has 2 aromatic rings. The highest BCUT2D eigenvalue weighted by Gasteiger charge is 2.16.